The van der Waals surface area contributed by atoms with E-state index in [-0.39, 0.29) is 54.0 Å². The standard InChI is InChI=1S/C30H30FN5O5S/c1-18-15-36(16-19(2)41-18)29-24(31)6-8-26(35-29)25-7-5-21-13-32-23(12-27(21)34-25)14-33-30(37)20-3-4-22-17-40-9-10-42(38,39)28(22)11-20/h3-8,11-13,18-19H,9-10,14-17H2,1-2H3,(H,33,37)/t18-,19+. The number of fused-ring (bicyclic) bond motifs is 2. The number of anilines is 1. The van der Waals surface area contributed by atoms with E-state index < -0.39 is 21.6 Å². The zero-order chi connectivity index (χ0) is 29.4. The van der Waals surface area contributed by atoms with E-state index in [9.17, 15) is 17.6 Å². The highest BCUT2D eigenvalue weighted by molar-refractivity contribution is 7.91. The summed E-state index contributed by atoms with van der Waals surface area (Å²) >= 11 is 0. The summed E-state index contributed by atoms with van der Waals surface area (Å²) in [6.07, 6.45) is 1.59. The quantitative estimate of drug-likeness (QED) is 0.370. The summed E-state index contributed by atoms with van der Waals surface area (Å²) in [6, 6.07) is 13.1. The molecule has 42 heavy (non-hydrogen) atoms. The van der Waals surface area contributed by atoms with Gasteiger partial charge in [0.15, 0.2) is 21.5 Å². The van der Waals surface area contributed by atoms with Crippen molar-refractivity contribution in [2.45, 2.75) is 44.1 Å². The van der Waals surface area contributed by atoms with Gasteiger partial charge >= 0.3 is 0 Å². The number of hydrogen-bond donors (Lipinski definition) is 1. The van der Waals surface area contributed by atoms with Crippen molar-refractivity contribution in [1.82, 2.24) is 20.3 Å². The number of morpholine rings is 1. The van der Waals surface area contributed by atoms with Gasteiger partial charge in [0, 0.05) is 30.2 Å². The summed E-state index contributed by atoms with van der Waals surface area (Å²) in [7, 11) is -3.53. The van der Waals surface area contributed by atoms with Crippen molar-refractivity contribution >= 4 is 32.5 Å². The van der Waals surface area contributed by atoms with E-state index >= 15 is 0 Å². The molecule has 1 fully saturated rings. The molecular weight excluding hydrogens is 561 g/mol. The zero-order valence-corrected chi connectivity index (χ0v) is 24.0. The molecule has 0 saturated carbocycles. The van der Waals surface area contributed by atoms with Crippen molar-refractivity contribution in [2.24, 2.45) is 0 Å². The van der Waals surface area contributed by atoms with Gasteiger partial charge in [0.25, 0.3) is 5.91 Å². The van der Waals surface area contributed by atoms with Gasteiger partial charge in [0.2, 0.25) is 0 Å². The van der Waals surface area contributed by atoms with Crippen LogP contribution >= 0.6 is 0 Å². The number of nitrogens with one attached hydrogen (secondary N) is 1. The minimum absolute atomic E-state index is 0.0387. The van der Waals surface area contributed by atoms with Gasteiger partial charge in [-0.3, -0.25) is 9.78 Å². The molecule has 1 amide bonds. The highest BCUT2D eigenvalue weighted by atomic mass is 32.2. The lowest BCUT2D eigenvalue weighted by molar-refractivity contribution is -0.00564. The number of carbonyl (C=O) groups excluding carboxylic acids is 1. The molecule has 0 unspecified atom stereocenters. The fourth-order valence-corrected chi connectivity index (χ4v) is 6.67. The molecule has 0 spiro atoms. The van der Waals surface area contributed by atoms with E-state index in [2.05, 4.69) is 15.3 Å². The van der Waals surface area contributed by atoms with Gasteiger partial charge in [-0.05, 0) is 61.9 Å². The third kappa shape index (κ3) is 5.83. The first kappa shape index (κ1) is 28.1. The van der Waals surface area contributed by atoms with E-state index in [0.717, 1.165) is 5.39 Å². The molecule has 1 N–H and O–H groups in total. The number of benzene rings is 1. The van der Waals surface area contributed by atoms with E-state index in [1.807, 2.05) is 30.9 Å². The summed E-state index contributed by atoms with van der Waals surface area (Å²) < 4.78 is 51.1. The molecule has 1 aromatic carbocycles. The Morgan fingerprint density at radius 3 is 2.62 bits per heavy atom. The summed E-state index contributed by atoms with van der Waals surface area (Å²) in [5, 5.41) is 3.60. The molecule has 2 aliphatic heterocycles. The van der Waals surface area contributed by atoms with Gasteiger partial charge in [0.1, 0.15) is 0 Å². The lowest BCUT2D eigenvalue weighted by Crippen LogP contribution is -2.46. The monoisotopic (exact) mass is 591 g/mol. The molecule has 0 aliphatic carbocycles. The van der Waals surface area contributed by atoms with Crippen molar-refractivity contribution in [1.29, 1.82) is 0 Å². The van der Waals surface area contributed by atoms with Crippen LogP contribution in [0.15, 0.2) is 59.6 Å². The molecular formula is C30H30FN5O5S. The Bertz CT molecular complexity index is 1770. The number of nitrogens with zero attached hydrogens (tertiary/aromatic N) is 4. The number of pyridine rings is 3. The first-order valence-corrected chi connectivity index (χ1v) is 15.4. The minimum Gasteiger partial charge on any atom is -0.376 e. The molecule has 1 saturated heterocycles. The third-order valence-electron chi connectivity index (χ3n) is 7.29. The van der Waals surface area contributed by atoms with Gasteiger partial charge in [-0.25, -0.2) is 22.8 Å². The van der Waals surface area contributed by atoms with Gasteiger partial charge in [0.05, 0.1) is 65.2 Å². The normalized spacial score (nSPS) is 20.1. The van der Waals surface area contributed by atoms with Crippen LogP contribution < -0.4 is 10.2 Å². The third-order valence-corrected chi connectivity index (χ3v) is 9.04. The first-order chi connectivity index (χ1) is 20.2. The van der Waals surface area contributed by atoms with Crippen LogP contribution in [-0.4, -0.2) is 66.9 Å². The largest absolute Gasteiger partial charge is 0.376 e. The van der Waals surface area contributed by atoms with Crippen LogP contribution in [0.5, 0.6) is 0 Å². The van der Waals surface area contributed by atoms with E-state index in [1.54, 1.807) is 30.5 Å². The molecule has 2 aliphatic rings. The van der Waals surface area contributed by atoms with Gasteiger partial charge in [-0.15, -0.1) is 0 Å². The number of hydrogen-bond acceptors (Lipinski definition) is 9. The molecule has 0 bridgehead atoms. The smallest absolute Gasteiger partial charge is 0.251 e. The average molecular weight is 592 g/mol. The molecule has 218 valence electrons. The number of halogens is 1. The number of rotatable bonds is 5. The molecule has 0 radical (unpaired) electrons. The molecule has 10 nitrogen and oxygen atoms in total. The number of sulfone groups is 1. The Labute approximate surface area is 242 Å². The fourth-order valence-electron chi connectivity index (χ4n) is 5.28. The molecule has 5 heterocycles. The number of carbonyl (C=O) groups is 1. The molecule has 12 heteroatoms. The second-order valence-electron chi connectivity index (χ2n) is 10.6. The van der Waals surface area contributed by atoms with Gasteiger partial charge < -0.3 is 19.7 Å². The fraction of sp³-hybridized carbons (Fsp3) is 0.333. The Hall–Kier alpha value is -4.00. The van der Waals surface area contributed by atoms with E-state index in [4.69, 9.17) is 14.5 Å². The lowest BCUT2D eigenvalue weighted by atomic mass is 10.1. The first-order valence-electron chi connectivity index (χ1n) is 13.7. The van der Waals surface area contributed by atoms with Crippen LogP contribution in [-0.2, 0) is 32.5 Å². The molecule has 2 atom stereocenters. The maximum absolute atomic E-state index is 14.8. The Kier molecular flexibility index (Phi) is 7.60. The zero-order valence-electron chi connectivity index (χ0n) is 23.2. The second kappa shape index (κ2) is 11.3. The van der Waals surface area contributed by atoms with Crippen LogP contribution in [0.25, 0.3) is 22.3 Å². The maximum atomic E-state index is 14.8. The Morgan fingerprint density at radius 1 is 1.05 bits per heavy atom. The highest BCUT2D eigenvalue weighted by Crippen LogP contribution is 2.27. The highest BCUT2D eigenvalue weighted by Gasteiger charge is 2.26. The predicted molar refractivity (Wildman–Crippen MR) is 154 cm³/mol. The number of aromatic nitrogens is 3. The summed E-state index contributed by atoms with van der Waals surface area (Å²) in [5.74, 6) is -0.672. The maximum Gasteiger partial charge on any atom is 0.251 e. The summed E-state index contributed by atoms with van der Waals surface area (Å²) in [4.78, 5) is 28.7. The summed E-state index contributed by atoms with van der Waals surface area (Å²) in [6.45, 7) is 5.41. The van der Waals surface area contributed by atoms with Gasteiger partial charge in [-0.2, -0.15) is 0 Å². The average Bonchev–Trinajstić information content (AvgIpc) is 3.12. The predicted octanol–water partition coefficient (Wildman–Crippen LogP) is 3.68. The van der Waals surface area contributed by atoms with Crippen molar-refractivity contribution in [3.63, 3.8) is 0 Å². The van der Waals surface area contributed by atoms with Crippen molar-refractivity contribution in [3.05, 3.63) is 77.4 Å². The van der Waals surface area contributed by atoms with Crippen LogP contribution in [0.2, 0.25) is 0 Å². The van der Waals surface area contributed by atoms with Crippen LogP contribution in [0.1, 0.15) is 35.5 Å². The van der Waals surface area contributed by atoms with Gasteiger partial charge in [-0.1, -0.05) is 6.07 Å². The molecule has 3 aromatic heterocycles. The van der Waals surface area contributed by atoms with Crippen molar-refractivity contribution in [3.8, 4) is 11.4 Å². The van der Waals surface area contributed by atoms with Crippen LogP contribution in [0.4, 0.5) is 10.2 Å². The van der Waals surface area contributed by atoms with E-state index in [0.29, 0.717) is 41.3 Å². The topological polar surface area (TPSA) is 124 Å². The summed E-state index contributed by atoms with van der Waals surface area (Å²) in [5.41, 5.74) is 3.11. The SMILES string of the molecule is C[C@@H]1CN(c2nc(-c3ccc4cnc(CNC(=O)c5ccc6c(c5)S(=O)(=O)CCOC6)cc4n3)ccc2F)C[C@H](C)O1. The number of ether oxygens (including phenoxy) is 2. The van der Waals surface area contributed by atoms with Crippen molar-refractivity contribution in [2.75, 3.05) is 30.3 Å². The molecule has 4 aromatic rings. The molecule has 6 rings (SSSR count). The lowest BCUT2D eigenvalue weighted by Gasteiger charge is -2.36. The minimum atomic E-state index is -3.53. The van der Waals surface area contributed by atoms with Crippen LogP contribution in [0.3, 0.4) is 0 Å². The Morgan fingerprint density at radius 2 is 1.81 bits per heavy atom. The second-order valence-corrected chi connectivity index (χ2v) is 12.7. The Balaban J connectivity index is 1.21. The van der Waals surface area contributed by atoms with E-state index in [1.165, 1.54) is 12.1 Å². The number of amides is 1. The van der Waals surface area contributed by atoms with Crippen LogP contribution in [0, 0.1) is 5.82 Å². The van der Waals surface area contributed by atoms with Crippen molar-refractivity contribution < 1.29 is 27.1 Å².